The molecule has 2 unspecified atom stereocenters. The van der Waals surface area contributed by atoms with Crippen molar-refractivity contribution in [3.05, 3.63) is 0 Å². The van der Waals surface area contributed by atoms with E-state index in [0.29, 0.717) is 32.1 Å². The molecule has 0 saturated carbocycles. The molecule has 0 aromatic heterocycles. The molecule has 5 heteroatoms. The van der Waals surface area contributed by atoms with E-state index in [-0.39, 0.29) is 0 Å². The first-order valence-corrected chi connectivity index (χ1v) is 5.41. The molecule has 0 aromatic carbocycles. The van der Waals surface area contributed by atoms with Crippen LogP contribution in [0.2, 0.25) is 0 Å². The zero-order chi connectivity index (χ0) is 8.97. The molecule has 0 bridgehead atoms. The fourth-order valence-electron chi connectivity index (χ4n) is 1.13. The second kappa shape index (κ2) is 4.91. The van der Waals surface area contributed by atoms with E-state index in [2.05, 4.69) is 0 Å². The second-order valence-electron chi connectivity index (χ2n) is 2.73. The van der Waals surface area contributed by atoms with E-state index in [1.54, 1.807) is 4.31 Å². The van der Waals surface area contributed by atoms with Crippen molar-refractivity contribution in [1.29, 1.82) is 0 Å². The van der Waals surface area contributed by atoms with Crippen LogP contribution in [0.1, 0.15) is 6.92 Å². The third-order valence-electron chi connectivity index (χ3n) is 1.74. The molecule has 1 fully saturated rings. The highest BCUT2D eigenvalue weighted by Gasteiger charge is 2.19. The highest BCUT2D eigenvalue weighted by molar-refractivity contribution is 7.82. The van der Waals surface area contributed by atoms with Gasteiger partial charge in [0.15, 0.2) is 0 Å². The zero-order valence-electron chi connectivity index (χ0n) is 7.23. The van der Waals surface area contributed by atoms with Crippen molar-refractivity contribution in [2.24, 2.45) is 0 Å². The van der Waals surface area contributed by atoms with Crippen LogP contribution in [0, 0.1) is 0 Å². The van der Waals surface area contributed by atoms with Crippen molar-refractivity contribution >= 4 is 11.0 Å². The van der Waals surface area contributed by atoms with E-state index in [0.717, 1.165) is 0 Å². The Balaban J connectivity index is 2.46. The van der Waals surface area contributed by atoms with E-state index in [4.69, 9.17) is 4.74 Å². The highest BCUT2D eigenvalue weighted by atomic mass is 32.2. The molecule has 1 aliphatic heterocycles. The lowest BCUT2D eigenvalue weighted by Crippen LogP contribution is -2.34. The van der Waals surface area contributed by atoms with Gasteiger partial charge < -0.3 is 9.84 Å². The minimum absolute atomic E-state index is 0.359. The van der Waals surface area contributed by atoms with Crippen LogP contribution in [0.15, 0.2) is 0 Å². The van der Waals surface area contributed by atoms with Crippen LogP contribution in [0.4, 0.5) is 0 Å². The standard InChI is InChI=1S/C7H15NO3S/c1-2-12(10)8-3-4-11-6-7(9)5-8/h7,9H,2-6H2,1H3. The topological polar surface area (TPSA) is 49.8 Å². The number of aliphatic hydroxyl groups excluding tert-OH is 1. The van der Waals surface area contributed by atoms with Gasteiger partial charge in [0.2, 0.25) is 0 Å². The van der Waals surface area contributed by atoms with Crippen LogP contribution in [0.5, 0.6) is 0 Å². The fraction of sp³-hybridized carbons (Fsp3) is 1.00. The summed E-state index contributed by atoms with van der Waals surface area (Å²) in [5.74, 6) is 0.604. The summed E-state index contributed by atoms with van der Waals surface area (Å²) in [5, 5.41) is 9.30. The SMILES string of the molecule is CCS(=O)N1CCOCC(O)C1. The van der Waals surface area contributed by atoms with Crippen LogP contribution in [-0.2, 0) is 15.7 Å². The smallest absolute Gasteiger partial charge is 0.0941 e. The summed E-state index contributed by atoms with van der Waals surface area (Å²) in [5.41, 5.74) is 0. The highest BCUT2D eigenvalue weighted by Crippen LogP contribution is 2.03. The average Bonchev–Trinajstić information content (AvgIpc) is 2.28. The first kappa shape index (κ1) is 10.1. The summed E-state index contributed by atoms with van der Waals surface area (Å²) in [6, 6.07) is 0. The lowest BCUT2D eigenvalue weighted by atomic mass is 10.4. The maximum Gasteiger partial charge on any atom is 0.0941 e. The molecule has 12 heavy (non-hydrogen) atoms. The Morgan fingerprint density at radius 3 is 3.17 bits per heavy atom. The summed E-state index contributed by atoms with van der Waals surface area (Å²) in [4.78, 5) is 0. The van der Waals surface area contributed by atoms with Gasteiger partial charge in [-0.3, -0.25) is 0 Å². The second-order valence-corrected chi connectivity index (χ2v) is 4.46. The van der Waals surface area contributed by atoms with Gasteiger partial charge in [0.05, 0.1) is 30.3 Å². The molecular formula is C7H15NO3S. The molecule has 1 aliphatic rings. The molecular weight excluding hydrogens is 178 g/mol. The Bertz CT molecular complexity index is 165. The predicted molar refractivity (Wildman–Crippen MR) is 47.1 cm³/mol. The molecule has 72 valence electrons. The Morgan fingerprint density at radius 1 is 1.75 bits per heavy atom. The maximum atomic E-state index is 11.3. The Hall–Kier alpha value is 0.0300. The zero-order valence-corrected chi connectivity index (χ0v) is 8.05. The molecule has 1 saturated heterocycles. The molecule has 1 N–H and O–H groups in total. The number of nitrogens with zero attached hydrogens (tertiary/aromatic N) is 1. The molecule has 1 heterocycles. The molecule has 0 amide bonds. The van der Waals surface area contributed by atoms with E-state index in [9.17, 15) is 9.32 Å². The molecule has 1 rings (SSSR count). The molecule has 0 spiro atoms. The van der Waals surface area contributed by atoms with Gasteiger partial charge in [0, 0.05) is 18.8 Å². The first-order valence-electron chi connectivity index (χ1n) is 4.13. The molecule has 4 nitrogen and oxygen atoms in total. The summed E-state index contributed by atoms with van der Waals surface area (Å²) in [7, 11) is -0.952. The van der Waals surface area contributed by atoms with Crippen molar-refractivity contribution in [3.8, 4) is 0 Å². The van der Waals surface area contributed by atoms with Gasteiger partial charge in [-0.2, -0.15) is 0 Å². The van der Waals surface area contributed by atoms with Crippen molar-refractivity contribution in [3.63, 3.8) is 0 Å². The minimum Gasteiger partial charge on any atom is -0.389 e. The van der Waals surface area contributed by atoms with Gasteiger partial charge >= 0.3 is 0 Å². The largest absolute Gasteiger partial charge is 0.389 e. The van der Waals surface area contributed by atoms with Crippen LogP contribution < -0.4 is 0 Å². The number of ether oxygens (including phenoxy) is 1. The summed E-state index contributed by atoms with van der Waals surface area (Å²) < 4.78 is 18.2. The molecule has 0 radical (unpaired) electrons. The lowest BCUT2D eigenvalue weighted by molar-refractivity contribution is 0.0583. The van der Waals surface area contributed by atoms with Crippen molar-refractivity contribution in [2.45, 2.75) is 13.0 Å². The van der Waals surface area contributed by atoms with Crippen LogP contribution in [-0.4, -0.2) is 51.8 Å². The van der Waals surface area contributed by atoms with Gasteiger partial charge in [0.25, 0.3) is 0 Å². The maximum absolute atomic E-state index is 11.3. The van der Waals surface area contributed by atoms with Crippen LogP contribution >= 0.6 is 0 Å². The number of aliphatic hydroxyl groups is 1. The lowest BCUT2D eigenvalue weighted by Gasteiger charge is -2.18. The van der Waals surface area contributed by atoms with Crippen molar-refractivity contribution in [1.82, 2.24) is 4.31 Å². The molecule has 0 aromatic rings. The van der Waals surface area contributed by atoms with Crippen molar-refractivity contribution in [2.75, 3.05) is 32.1 Å². The van der Waals surface area contributed by atoms with Gasteiger partial charge in [-0.15, -0.1) is 0 Å². The van der Waals surface area contributed by atoms with Crippen LogP contribution in [0.25, 0.3) is 0 Å². The van der Waals surface area contributed by atoms with E-state index < -0.39 is 17.1 Å². The van der Waals surface area contributed by atoms with Gasteiger partial charge in [0.1, 0.15) is 0 Å². The normalized spacial score (nSPS) is 29.7. The van der Waals surface area contributed by atoms with Crippen LogP contribution in [0.3, 0.4) is 0 Å². The minimum atomic E-state index is -0.952. The van der Waals surface area contributed by atoms with E-state index in [1.165, 1.54) is 0 Å². The Labute approximate surface area is 75.1 Å². The Kier molecular flexibility index (Phi) is 4.14. The summed E-state index contributed by atoms with van der Waals surface area (Å²) in [6.45, 7) is 3.90. The third-order valence-corrected chi connectivity index (χ3v) is 3.15. The van der Waals surface area contributed by atoms with E-state index in [1.807, 2.05) is 6.92 Å². The fourth-order valence-corrected chi connectivity index (χ4v) is 2.11. The molecule has 2 atom stereocenters. The number of β-amino-alcohol motifs (C(OH)–C–C–N with tert-alkyl or cyclic N) is 1. The third kappa shape index (κ3) is 2.82. The molecule has 0 aliphatic carbocycles. The number of hydrogen-bond acceptors (Lipinski definition) is 3. The van der Waals surface area contributed by atoms with E-state index >= 15 is 0 Å². The Morgan fingerprint density at radius 2 is 2.50 bits per heavy atom. The van der Waals surface area contributed by atoms with Crippen molar-refractivity contribution < 1.29 is 14.1 Å². The van der Waals surface area contributed by atoms with Gasteiger partial charge in [-0.05, 0) is 0 Å². The number of rotatable bonds is 2. The average molecular weight is 193 g/mol. The first-order chi connectivity index (χ1) is 5.74. The number of hydrogen-bond donors (Lipinski definition) is 1. The monoisotopic (exact) mass is 193 g/mol. The quantitative estimate of drug-likeness (QED) is 0.635. The van der Waals surface area contributed by atoms with Gasteiger partial charge in [-0.1, -0.05) is 6.92 Å². The predicted octanol–water partition coefficient (Wildman–Crippen LogP) is -0.637. The summed E-state index contributed by atoms with van der Waals surface area (Å²) >= 11 is 0. The van der Waals surface area contributed by atoms with Gasteiger partial charge in [-0.25, -0.2) is 8.51 Å². The summed E-state index contributed by atoms with van der Waals surface area (Å²) in [6.07, 6.45) is -0.497.